The lowest BCUT2D eigenvalue weighted by molar-refractivity contribution is 0.0956. The van der Waals surface area contributed by atoms with Gasteiger partial charge < -0.3 is 9.84 Å². The van der Waals surface area contributed by atoms with E-state index in [1.807, 2.05) is 26.0 Å². The summed E-state index contributed by atoms with van der Waals surface area (Å²) in [6, 6.07) is 7.25. The van der Waals surface area contributed by atoms with Gasteiger partial charge in [-0.15, -0.1) is 0 Å². The van der Waals surface area contributed by atoms with E-state index in [0.717, 1.165) is 5.39 Å². The maximum Gasteiger partial charge on any atom is 0.273 e. The molecule has 0 aliphatic carbocycles. The maximum atomic E-state index is 11.3. The van der Waals surface area contributed by atoms with Crippen LogP contribution in [0.2, 0.25) is 0 Å². The quantitative estimate of drug-likeness (QED) is 0.778. The Morgan fingerprint density at radius 1 is 1.33 bits per heavy atom. The molecule has 0 aliphatic heterocycles. The minimum Gasteiger partial charge on any atom is -0.355 e. The van der Waals surface area contributed by atoms with E-state index in [-0.39, 0.29) is 5.91 Å². The molecule has 0 aliphatic rings. The van der Waals surface area contributed by atoms with Crippen molar-refractivity contribution in [3.63, 3.8) is 0 Å². The van der Waals surface area contributed by atoms with Crippen LogP contribution in [-0.4, -0.2) is 18.1 Å². The summed E-state index contributed by atoms with van der Waals surface area (Å²) in [5, 5.41) is 6.91. The second-order valence-corrected chi connectivity index (χ2v) is 2.61. The van der Waals surface area contributed by atoms with Gasteiger partial charge in [0.1, 0.15) is 0 Å². The standard InChI is InChI=1S/C9H8N2O2.C2H6/c1-10-9(12)8-6-4-2-3-5-7(6)13-11-8;1-2/h2-5H,1H3,(H,10,12);1-2H3. The molecule has 0 fully saturated rings. The molecule has 0 atom stereocenters. The van der Waals surface area contributed by atoms with Crippen molar-refractivity contribution < 1.29 is 9.32 Å². The Morgan fingerprint density at radius 2 is 2.00 bits per heavy atom. The topological polar surface area (TPSA) is 55.1 Å². The first kappa shape index (κ1) is 11.2. The SMILES string of the molecule is CC.CNC(=O)c1noc2ccccc12. The fourth-order valence-corrected chi connectivity index (χ4v) is 1.17. The molecule has 1 heterocycles. The third-order valence-electron chi connectivity index (χ3n) is 1.82. The van der Waals surface area contributed by atoms with Gasteiger partial charge in [0.15, 0.2) is 11.3 Å². The van der Waals surface area contributed by atoms with Crippen LogP contribution in [0.1, 0.15) is 24.3 Å². The van der Waals surface area contributed by atoms with Gasteiger partial charge in [-0.2, -0.15) is 0 Å². The summed E-state index contributed by atoms with van der Waals surface area (Å²) in [6.45, 7) is 4.00. The molecule has 0 saturated heterocycles. The van der Waals surface area contributed by atoms with Crippen LogP contribution in [0.15, 0.2) is 28.8 Å². The molecular formula is C11H14N2O2. The largest absolute Gasteiger partial charge is 0.355 e. The summed E-state index contributed by atoms with van der Waals surface area (Å²) in [4.78, 5) is 11.3. The van der Waals surface area contributed by atoms with Crippen LogP contribution in [0.5, 0.6) is 0 Å². The Hall–Kier alpha value is -1.84. The maximum absolute atomic E-state index is 11.3. The fourth-order valence-electron chi connectivity index (χ4n) is 1.17. The van der Waals surface area contributed by atoms with Crippen LogP contribution in [-0.2, 0) is 0 Å². The van der Waals surface area contributed by atoms with E-state index in [4.69, 9.17) is 4.52 Å². The third-order valence-corrected chi connectivity index (χ3v) is 1.82. The summed E-state index contributed by atoms with van der Waals surface area (Å²) in [5.74, 6) is -0.232. The van der Waals surface area contributed by atoms with Gasteiger partial charge in [-0.25, -0.2) is 0 Å². The number of hydrogen-bond donors (Lipinski definition) is 1. The first-order valence-electron chi connectivity index (χ1n) is 4.89. The zero-order valence-electron chi connectivity index (χ0n) is 9.07. The van der Waals surface area contributed by atoms with Crippen LogP contribution in [0.3, 0.4) is 0 Å². The van der Waals surface area contributed by atoms with Gasteiger partial charge in [0, 0.05) is 7.05 Å². The average molecular weight is 206 g/mol. The lowest BCUT2D eigenvalue weighted by atomic mass is 10.2. The van der Waals surface area contributed by atoms with Gasteiger partial charge in [0.05, 0.1) is 5.39 Å². The van der Waals surface area contributed by atoms with Gasteiger partial charge >= 0.3 is 0 Å². The van der Waals surface area contributed by atoms with Crippen molar-refractivity contribution in [3.8, 4) is 0 Å². The van der Waals surface area contributed by atoms with Crippen LogP contribution < -0.4 is 5.32 Å². The van der Waals surface area contributed by atoms with Crippen molar-refractivity contribution in [1.29, 1.82) is 0 Å². The Morgan fingerprint density at radius 3 is 2.67 bits per heavy atom. The summed E-state index contributed by atoms with van der Waals surface area (Å²) in [7, 11) is 1.56. The van der Waals surface area contributed by atoms with Crippen molar-refractivity contribution >= 4 is 16.9 Å². The number of hydrogen-bond acceptors (Lipinski definition) is 3. The van der Waals surface area contributed by atoms with E-state index in [1.54, 1.807) is 19.2 Å². The van der Waals surface area contributed by atoms with Crippen molar-refractivity contribution in [2.24, 2.45) is 0 Å². The van der Waals surface area contributed by atoms with Crippen molar-refractivity contribution in [2.75, 3.05) is 7.05 Å². The molecule has 4 heteroatoms. The van der Waals surface area contributed by atoms with Crippen LogP contribution in [0.4, 0.5) is 0 Å². The molecule has 2 aromatic rings. The number of carbonyl (C=O) groups is 1. The number of para-hydroxylation sites is 1. The van der Waals surface area contributed by atoms with Crippen molar-refractivity contribution in [1.82, 2.24) is 10.5 Å². The Balaban J connectivity index is 0.000000531. The highest BCUT2D eigenvalue weighted by Gasteiger charge is 2.13. The Labute approximate surface area is 88.3 Å². The number of fused-ring (bicyclic) bond motifs is 1. The third kappa shape index (κ3) is 2.15. The summed E-state index contributed by atoms with van der Waals surface area (Å²) < 4.78 is 4.96. The molecule has 80 valence electrons. The normalized spacial score (nSPS) is 9.27. The number of benzene rings is 1. The van der Waals surface area contributed by atoms with Gasteiger partial charge in [-0.05, 0) is 12.1 Å². The molecule has 4 nitrogen and oxygen atoms in total. The minimum atomic E-state index is -0.232. The zero-order chi connectivity index (χ0) is 11.3. The van der Waals surface area contributed by atoms with E-state index in [1.165, 1.54) is 0 Å². The van der Waals surface area contributed by atoms with Crippen molar-refractivity contribution in [2.45, 2.75) is 13.8 Å². The molecule has 0 unspecified atom stereocenters. The number of nitrogens with one attached hydrogen (secondary N) is 1. The number of aromatic nitrogens is 1. The fraction of sp³-hybridized carbons (Fsp3) is 0.273. The van der Waals surface area contributed by atoms with Crippen LogP contribution in [0, 0.1) is 0 Å². The molecule has 0 saturated carbocycles. The predicted molar refractivity (Wildman–Crippen MR) is 58.7 cm³/mol. The molecule has 0 spiro atoms. The molecule has 1 N–H and O–H groups in total. The second-order valence-electron chi connectivity index (χ2n) is 2.61. The lowest BCUT2D eigenvalue weighted by Crippen LogP contribution is -2.18. The van der Waals surface area contributed by atoms with Crippen LogP contribution >= 0.6 is 0 Å². The van der Waals surface area contributed by atoms with Gasteiger partial charge in [-0.1, -0.05) is 31.1 Å². The molecule has 0 bridgehead atoms. The smallest absolute Gasteiger partial charge is 0.273 e. The molecule has 1 aromatic carbocycles. The van der Waals surface area contributed by atoms with E-state index in [9.17, 15) is 4.79 Å². The van der Waals surface area contributed by atoms with E-state index in [2.05, 4.69) is 10.5 Å². The predicted octanol–water partition coefficient (Wildman–Crippen LogP) is 2.21. The van der Waals surface area contributed by atoms with Gasteiger partial charge in [0.2, 0.25) is 0 Å². The highest BCUT2D eigenvalue weighted by Crippen LogP contribution is 2.17. The molecule has 1 aromatic heterocycles. The number of nitrogens with zero attached hydrogens (tertiary/aromatic N) is 1. The number of rotatable bonds is 1. The number of amides is 1. The van der Waals surface area contributed by atoms with E-state index < -0.39 is 0 Å². The minimum absolute atomic E-state index is 0.232. The van der Waals surface area contributed by atoms with Crippen molar-refractivity contribution in [3.05, 3.63) is 30.0 Å². The van der Waals surface area contributed by atoms with Gasteiger partial charge in [-0.3, -0.25) is 4.79 Å². The monoisotopic (exact) mass is 206 g/mol. The average Bonchev–Trinajstić information content (AvgIpc) is 2.74. The molecule has 2 rings (SSSR count). The summed E-state index contributed by atoms with van der Waals surface area (Å²) >= 11 is 0. The highest BCUT2D eigenvalue weighted by atomic mass is 16.5. The number of carbonyl (C=O) groups excluding carboxylic acids is 1. The first-order chi connectivity index (χ1) is 7.33. The Bertz CT molecular complexity index is 449. The summed E-state index contributed by atoms with van der Waals surface area (Å²) in [5.41, 5.74) is 0.958. The molecule has 1 amide bonds. The van der Waals surface area contributed by atoms with Gasteiger partial charge in [0.25, 0.3) is 5.91 Å². The van der Waals surface area contributed by atoms with Crippen LogP contribution in [0.25, 0.3) is 11.0 Å². The molecular weight excluding hydrogens is 192 g/mol. The summed E-state index contributed by atoms with van der Waals surface area (Å²) in [6.07, 6.45) is 0. The van der Waals surface area contributed by atoms with E-state index >= 15 is 0 Å². The molecule has 0 radical (unpaired) electrons. The van der Waals surface area contributed by atoms with E-state index in [0.29, 0.717) is 11.3 Å². The highest BCUT2D eigenvalue weighted by molar-refractivity contribution is 6.03. The lowest BCUT2D eigenvalue weighted by Gasteiger charge is -1.92. The Kier molecular flexibility index (Phi) is 3.85. The zero-order valence-corrected chi connectivity index (χ0v) is 9.07. The molecule has 15 heavy (non-hydrogen) atoms. The first-order valence-corrected chi connectivity index (χ1v) is 4.89. The second kappa shape index (κ2) is 5.14.